The summed E-state index contributed by atoms with van der Waals surface area (Å²) in [4.78, 5) is 0. The van der Waals surface area contributed by atoms with Gasteiger partial charge in [-0.05, 0) is 32.2 Å². The molecule has 0 saturated carbocycles. The minimum atomic E-state index is 0.328. The van der Waals surface area contributed by atoms with Crippen LogP contribution in [-0.4, -0.2) is 32.0 Å². The third-order valence-electron chi connectivity index (χ3n) is 2.49. The summed E-state index contributed by atoms with van der Waals surface area (Å²) < 4.78 is 11.2. The van der Waals surface area contributed by atoms with Crippen molar-refractivity contribution < 1.29 is 9.47 Å². The second-order valence-corrected chi connectivity index (χ2v) is 3.58. The van der Waals surface area contributed by atoms with Crippen molar-refractivity contribution in [1.82, 2.24) is 0 Å². The summed E-state index contributed by atoms with van der Waals surface area (Å²) in [5.41, 5.74) is 5.48. The molecule has 1 aliphatic heterocycles. The van der Waals surface area contributed by atoms with Crippen LogP contribution in [0.2, 0.25) is 0 Å². The molecule has 0 radical (unpaired) electrons. The molecular weight excluding hydrogens is 166 g/mol. The van der Waals surface area contributed by atoms with E-state index in [1.54, 1.807) is 0 Å². The van der Waals surface area contributed by atoms with E-state index in [9.17, 15) is 0 Å². The molecule has 1 heterocycles. The molecule has 13 heavy (non-hydrogen) atoms. The van der Waals surface area contributed by atoms with E-state index in [0.29, 0.717) is 18.8 Å². The second-order valence-electron chi connectivity index (χ2n) is 3.58. The summed E-state index contributed by atoms with van der Waals surface area (Å²) in [6.45, 7) is 4.50. The topological polar surface area (TPSA) is 44.5 Å². The molecule has 3 nitrogen and oxygen atoms in total. The lowest BCUT2D eigenvalue weighted by Gasteiger charge is -2.17. The highest BCUT2D eigenvalue weighted by Gasteiger charge is 2.17. The largest absolute Gasteiger partial charge is 0.376 e. The maximum absolute atomic E-state index is 5.71. The van der Waals surface area contributed by atoms with Crippen molar-refractivity contribution in [3.8, 4) is 0 Å². The minimum Gasteiger partial charge on any atom is -0.376 e. The lowest BCUT2D eigenvalue weighted by atomic mass is 10.2. The predicted molar refractivity (Wildman–Crippen MR) is 52.7 cm³/mol. The highest BCUT2D eigenvalue weighted by Crippen LogP contribution is 2.14. The molecule has 3 heteroatoms. The summed E-state index contributed by atoms with van der Waals surface area (Å²) in [7, 11) is 0. The maximum Gasteiger partial charge on any atom is 0.0809 e. The third kappa shape index (κ3) is 4.07. The van der Waals surface area contributed by atoms with Crippen LogP contribution in [0, 0.1) is 0 Å². The number of hydrogen-bond donors (Lipinski definition) is 1. The van der Waals surface area contributed by atoms with Crippen LogP contribution in [0.15, 0.2) is 0 Å². The zero-order valence-electron chi connectivity index (χ0n) is 8.50. The van der Waals surface area contributed by atoms with Gasteiger partial charge in [-0.15, -0.1) is 0 Å². The van der Waals surface area contributed by atoms with Gasteiger partial charge < -0.3 is 15.2 Å². The Hall–Kier alpha value is -0.120. The molecule has 2 atom stereocenters. The molecule has 78 valence electrons. The van der Waals surface area contributed by atoms with Crippen LogP contribution >= 0.6 is 0 Å². The van der Waals surface area contributed by atoms with E-state index in [0.717, 1.165) is 32.5 Å². The summed E-state index contributed by atoms with van der Waals surface area (Å²) in [6.07, 6.45) is 5.01. The van der Waals surface area contributed by atoms with Gasteiger partial charge in [0, 0.05) is 6.61 Å². The van der Waals surface area contributed by atoms with E-state index in [2.05, 4.69) is 6.92 Å². The van der Waals surface area contributed by atoms with Crippen LogP contribution in [0.4, 0.5) is 0 Å². The van der Waals surface area contributed by atoms with E-state index in [-0.39, 0.29) is 0 Å². The predicted octanol–water partition coefficient (Wildman–Crippen LogP) is 1.31. The van der Waals surface area contributed by atoms with Crippen molar-refractivity contribution in [1.29, 1.82) is 0 Å². The zero-order chi connectivity index (χ0) is 9.52. The SMILES string of the molecule is CCC(CCN)OCC1CCCO1. The number of hydrogen-bond acceptors (Lipinski definition) is 3. The van der Waals surface area contributed by atoms with Crippen molar-refractivity contribution in [2.75, 3.05) is 19.8 Å². The Balaban J connectivity index is 2.07. The Morgan fingerprint density at radius 2 is 2.46 bits per heavy atom. The van der Waals surface area contributed by atoms with Gasteiger partial charge in [-0.1, -0.05) is 6.92 Å². The number of nitrogens with two attached hydrogens (primary N) is 1. The molecule has 0 amide bonds. The summed E-state index contributed by atoms with van der Waals surface area (Å²) in [5, 5.41) is 0. The highest BCUT2D eigenvalue weighted by molar-refractivity contribution is 4.65. The minimum absolute atomic E-state index is 0.328. The number of rotatable bonds is 6. The molecule has 1 aliphatic rings. The molecule has 0 aromatic rings. The fourth-order valence-corrected chi connectivity index (χ4v) is 1.61. The van der Waals surface area contributed by atoms with Crippen LogP contribution in [0.3, 0.4) is 0 Å². The van der Waals surface area contributed by atoms with E-state index in [1.165, 1.54) is 6.42 Å². The highest BCUT2D eigenvalue weighted by atomic mass is 16.5. The Bertz CT molecular complexity index is 124. The van der Waals surface area contributed by atoms with Crippen molar-refractivity contribution in [3.05, 3.63) is 0 Å². The van der Waals surface area contributed by atoms with E-state index in [1.807, 2.05) is 0 Å². The Kier molecular flexibility index (Phi) is 5.35. The van der Waals surface area contributed by atoms with Gasteiger partial charge in [0.15, 0.2) is 0 Å². The average molecular weight is 187 g/mol. The Labute approximate surface area is 80.6 Å². The lowest BCUT2D eigenvalue weighted by molar-refractivity contribution is -0.0233. The van der Waals surface area contributed by atoms with Gasteiger partial charge in [0.05, 0.1) is 18.8 Å². The van der Waals surface area contributed by atoms with Gasteiger partial charge in [-0.2, -0.15) is 0 Å². The first-order valence-corrected chi connectivity index (χ1v) is 5.30. The first kappa shape index (κ1) is 11.0. The molecule has 0 spiro atoms. The van der Waals surface area contributed by atoms with Gasteiger partial charge in [0.1, 0.15) is 0 Å². The summed E-state index contributed by atoms with van der Waals surface area (Å²) in [5.74, 6) is 0. The quantitative estimate of drug-likeness (QED) is 0.682. The van der Waals surface area contributed by atoms with Crippen molar-refractivity contribution in [3.63, 3.8) is 0 Å². The van der Waals surface area contributed by atoms with Gasteiger partial charge in [0.2, 0.25) is 0 Å². The van der Waals surface area contributed by atoms with Crippen LogP contribution in [0.5, 0.6) is 0 Å². The molecule has 0 bridgehead atoms. The van der Waals surface area contributed by atoms with Crippen molar-refractivity contribution in [2.24, 2.45) is 5.73 Å². The van der Waals surface area contributed by atoms with E-state index in [4.69, 9.17) is 15.2 Å². The molecule has 1 fully saturated rings. The summed E-state index contributed by atoms with van der Waals surface area (Å²) >= 11 is 0. The first-order chi connectivity index (χ1) is 6.36. The fraction of sp³-hybridized carbons (Fsp3) is 1.00. The molecule has 1 saturated heterocycles. The van der Waals surface area contributed by atoms with Crippen molar-refractivity contribution >= 4 is 0 Å². The second kappa shape index (κ2) is 6.35. The molecule has 0 aliphatic carbocycles. The smallest absolute Gasteiger partial charge is 0.0809 e. The van der Waals surface area contributed by atoms with E-state index >= 15 is 0 Å². The average Bonchev–Trinajstić information content (AvgIpc) is 2.64. The number of ether oxygens (including phenoxy) is 2. The van der Waals surface area contributed by atoms with Gasteiger partial charge in [0.25, 0.3) is 0 Å². The van der Waals surface area contributed by atoms with Crippen LogP contribution in [0.1, 0.15) is 32.6 Å². The van der Waals surface area contributed by atoms with Crippen LogP contribution in [0.25, 0.3) is 0 Å². The summed E-state index contributed by atoms with van der Waals surface area (Å²) in [6, 6.07) is 0. The normalized spacial score (nSPS) is 24.9. The molecular formula is C10H21NO2. The van der Waals surface area contributed by atoms with Gasteiger partial charge >= 0.3 is 0 Å². The Morgan fingerprint density at radius 3 is 3.00 bits per heavy atom. The van der Waals surface area contributed by atoms with Crippen LogP contribution in [-0.2, 0) is 9.47 Å². The third-order valence-corrected chi connectivity index (χ3v) is 2.49. The first-order valence-electron chi connectivity index (χ1n) is 5.30. The molecule has 2 N–H and O–H groups in total. The molecule has 1 rings (SSSR count). The molecule has 0 aromatic carbocycles. The van der Waals surface area contributed by atoms with Crippen LogP contribution < -0.4 is 5.73 Å². The molecule has 0 aromatic heterocycles. The Morgan fingerprint density at radius 1 is 1.62 bits per heavy atom. The van der Waals surface area contributed by atoms with Gasteiger partial charge in [-0.25, -0.2) is 0 Å². The van der Waals surface area contributed by atoms with E-state index < -0.39 is 0 Å². The van der Waals surface area contributed by atoms with Crippen molar-refractivity contribution in [2.45, 2.75) is 44.8 Å². The molecule has 2 unspecified atom stereocenters. The fourth-order valence-electron chi connectivity index (χ4n) is 1.61. The monoisotopic (exact) mass is 187 g/mol. The lowest BCUT2D eigenvalue weighted by Crippen LogP contribution is -2.23. The zero-order valence-corrected chi connectivity index (χ0v) is 8.50. The standard InChI is InChI=1S/C10H21NO2/c1-2-9(5-6-11)13-8-10-4-3-7-12-10/h9-10H,2-8,11H2,1H3. The maximum atomic E-state index is 5.71. The van der Waals surface area contributed by atoms with Gasteiger partial charge in [-0.3, -0.25) is 0 Å².